The molecule has 182 valence electrons. The first kappa shape index (κ1) is 25.7. The van der Waals surface area contributed by atoms with Gasteiger partial charge in [-0.1, -0.05) is 6.07 Å². The maximum atomic E-state index is 13.3. The fourth-order valence-electron chi connectivity index (χ4n) is 4.33. The van der Waals surface area contributed by atoms with Crippen molar-refractivity contribution in [1.82, 2.24) is 0 Å². The molecule has 36 heavy (non-hydrogen) atoms. The van der Waals surface area contributed by atoms with Crippen LogP contribution in [0.3, 0.4) is 0 Å². The predicted molar refractivity (Wildman–Crippen MR) is 149 cm³/mol. The minimum absolute atomic E-state index is 0.139. The van der Waals surface area contributed by atoms with Gasteiger partial charge in [0.05, 0.1) is 0 Å². The number of carbonyl (C=O) groups is 1. The molecule has 4 nitrogen and oxygen atoms in total. The van der Waals surface area contributed by atoms with Crippen LogP contribution in [0.5, 0.6) is 5.75 Å². The van der Waals surface area contributed by atoms with Gasteiger partial charge in [-0.15, -0.1) is 0 Å². The molecule has 0 atom stereocenters. The zero-order chi connectivity index (χ0) is 25.1. The van der Waals surface area contributed by atoms with Crippen molar-refractivity contribution < 1.29 is 13.0 Å². The molecule has 4 aromatic rings. The standard InChI is InChI=1S/C13H17NO3.3C6H5.Sn/c15-12-7-4-3-6-11(12)10-14-9-5-1-2-8-13(16)17;3*1-2-4-6-5-3-1;/h3-4,6-7,10,15H,1-2,5,8-9H2,(H,16,17);3*1-5H;/q;;;;+1/p-1. The second-order valence-corrected chi connectivity index (χ2v) is 18.1. The molecule has 0 fully saturated rings. The summed E-state index contributed by atoms with van der Waals surface area (Å²) in [5, 5.41) is 9.81. The number of hydrogen-bond donors (Lipinski definition) is 1. The van der Waals surface area contributed by atoms with Crippen LogP contribution in [0.4, 0.5) is 0 Å². The molecular weight excluding hydrogens is 553 g/mol. The normalized spacial score (nSPS) is 11.4. The van der Waals surface area contributed by atoms with Crippen molar-refractivity contribution in [3.8, 4) is 5.75 Å². The Kier molecular flexibility index (Phi) is 9.33. The first-order chi connectivity index (χ1) is 17.7. The molecule has 0 aromatic heterocycles. The Balaban J connectivity index is 1.44. The molecule has 0 saturated carbocycles. The third kappa shape index (κ3) is 6.43. The van der Waals surface area contributed by atoms with Crippen molar-refractivity contribution in [2.24, 2.45) is 4.99 Å². The topological polar surface area (TPSA) is 58.9 Å². The number of para-hydroxylation sites is 1. The Morgan fingerprint density at radius 1 is 0.694 bits per heavy atom. The minimum atomic E-state index is -4.02. The van der Waals surface area contributed by atoms with Crippen LogP contribution in [0.15, 0.2) is 120 Å². The molecule has 5 heteroatoms. The summed E-state index contributed by atoms with van der Waals surface area (Å²) in [6.07, 6.45) is 4.60. The van der Waals surface area contributed by atoms with Gasteiger partial charge in [-0.05, 0) is 0 Å². The molecule has 0 bridgehead atoms. The first-order valence-corrected chi connectivity index (χ1v) is 17.8. The fourth-order valence-corrected chi connectivity index (χ4v) is 15.1. The molecule has 0 aliphatic carbocycles. The molecule has 0 unspecified atom stereocenters. The summed E-state index contributed by atoms with van der Waals surface area (Å²) in [5.41, 5.74) is 0.715. The zero-order valence-electron chi connectivity index (χ0n) is 20.3. The van der Waals surface area contributed by atoms with Crippen LogP contribution in [-0.4, -0.2) is 42.6 Å². The van der Waals surface area contributed by atoms with E-state index in [0.717, 1.165) is 30.0 Å². The van der Waals surface area contributed by atoms with E-state index in [1.54, 1.807) is 18.3 Å². The van der Waals surface area contributed by atoms with E-state index in [2.05, 4.69) is 41.4 Å². The quantitative estimate of drug-likeness (QED) is 0.160. The third-order valence-electron chi connectivity index (χ3n) is 6.14. The Morgan fingerprint density at radius 3 is 1.72 bits per heavy atom. The summed E-state index contributed by atoms with van der Waals surface area (Å²) >= 11 is -4.02. The maximum absolute atomic E-state index is 13.3. The summed E-state index contributed by atoms with van der Waals surface area (Å²) in [5.74, 6) is 0.0918. The summed E-state index contributed by atoms with van der Waals surface area (Å²) in [6.45, 7) is 0.657. The average Bonchev–Trinajstić information content (AvgIpc) is 2.93. The van der Waals surface area contributed by atoms with Gasteiger partial charge in [-0.3, -0.25) is 0 Å². The van der Waals surface area contributed by atoms with Crippen LogP contribution in [0.1, 0.15) is 31.2 Å². The number of aliphatic imine (C=N–C) groups is 1. The van der Waals surface area contributed by atoms with Gasteiger partial charge in [-0.2, -0.15) is 0 Å². The van der Waals surface area contributed by atoms with E-state index < -0.39 is 18.8 Å². The molecule has 4 rings (SSSR count). The van der Waals surface area contributed by atoms with E-state index in [9.17, 15) is 9.90 Å². The number of carbonyl (C=O) groups excluding carboxylic acids is 1. The number of nitrogens with zero attached hydrogens (tertiary/aromatic N) is 1. The van der Waals surface area contributed by atoms with Crippen LogP contribution < -0.4 is 10.7 Å². The van der Waals surface area contributed by atoms with Gasteiger partial charge in [0.2, 0.25) is 0 Å². The number of aromatic hydroxyl groups is 1. The van der Waals surface area contributed by atoms with Gasteiger partial charge in [0.1, 0.15) is 0 Å². The van der Waals surface area contributed by atoms with Crippen LogP contribution >= 0.6 is 0 Å². The van der Waals surface area contributed by atoms with E-state index >= 15 is 0 Å². The van der Waals surface area contributed by atoms with E-state index in [0.29, 0.717) is 18.5 Å². The zero-order valence-corrected chi connectivity index (χ0v) is 23.1. The Bertz CT molecular complexity index is 1160. The summed E-state index contributed by atoms with van der Waals surface area (Å²) in [6, 6.07) is 37.9. The van der Waals surface area contributed by atoms with Crippen molar-refractivity contribution in [3.63, 3.8) is 0 Å². The van der Waals surface area contributed by atoms with Crippen molar-refractivity contribution in [2.45, 2.75) is 25.7 Å². The van der Waals surface area contributed by atoms with Crippen molar-refractivity contribution in [2.75, 3.05) is 6.54 Å². The predicted octanol–water partition coefficient (Wildman–Crippen LogP) is 4.58. The Hall–Kier alpha value is -3.38. The van der Waals surface area contributed by atoms with E-state index in [-0.39, 0.29) is 11.7 Å². The molecular formula is C31H31NO3Sn. The second kappa shape index (κ2) is 13.1. The molecule has 0 aliphatic heterocycles. The van der Waals surface area contributed by atoms with E-state index in [1.165, 1.54) is 0 Å². The van der Waals surface area contributed by atoms with Crippen LogP contribution in [0.2, 0.25) is 0 Å². The molecule has 0 amide bonds. The van der Waals surface area contributed by atoms with Gasteiger partial charge >= 0.3 is 212 Å². The second-order valence-electron chi connectivity index (χ2n) is 8.66. The molecule has 0 radical (unpaired) electrons. The SMILES string of the molecule is O=C(CCCCCN=Cc1ccccc1O)[O][Sn]([c]1ccccc1)([c]1ccccc1)[c]1ccccc1. The van der Waals surface area contributed by atoms with Crippen molar-refractivity contribution in [1.29, 1.82) is 0 Å². The number of benzene rings is 4. The number of hydrogen-bond acceptors (Lipinski definition) is 4. The van der Waals surface area contributed by atoms with Crippen molar-refractivity contribution in [3.05, 3.63) is 121 Å². The summed E-state index contributed by atoms with van der Waals surface area (Å²) < 4.78 is 9.97. The fraction of sp³-hybridized carbons (Fsp3) is 0.161. The average molecular weight is 584 g/mol. The number of phenols is 1. The monoisotopic (exact) mass is 585 g/mol. The van der Waals surface area contributed by atoms with Crippen LogP contribution in [-0.2, 0) is 7.87 Å². The molecule has 0 saturated heterocycles. The first-order valence-electron chi connectivity index (χ1n) is 12.4. The number of phenolic OH excluding ortho intramolecular Hbond substituents is 1. The van der Waals surface area contributed by atoms with Crippen LogP contribution in [0, 0.1) is 0 Å². The third-order valence-corrected chi connectivity index (χ3v) is 17.5. The van der Waals surface area contributed by atoms with Gasteiger partial charge in [-0.25, -0.2) is 0 Å². The number of unbranched alkanes of at least 4 members (excludes halogenated alkanes) is 2. The summed E-state index contributed by atoms with van der Waals surface area (Å²) in [4.78, 5) is 17.7. The molecule has 0 heterocycles. The number of rotatable bonds is 11. The van der Waals surface area contributed by atoms with E-state index in [4.69, 9.17) is 3.07 Å². The van der Waals surface area contributed by atoms with Gasteiger partial charge < -0.3 is 0 Å². The Labute approximate surface area is 217 Å². The van der Waals surface area contributed by atoms with Crippen molar-refractivity contribution >= 4 is 41.7 Å². The van der Waals surface area contributed by atoms with Gasteiger partial charge in [0.15, 0.2) is 0 Å². The molecule has 1 N–H and O–H groups in total. The van der Waals surface area contributed by atoms with Crippen LogP contribution in [0.25, 0.3) is 0 Å². The summed E-state index contributed by atoms with van der Waals surface area (Å²) in [7, 11) is 0. The van der Waals surface area contributed by atoms with Gasteiger partial charge in [0.25, 0.3) is 0 Å². The molecule has 4 aromatic carbocycles. The molecule has 0 aliphatic rings. The van der Waals surface area contributed by atoms with Gasteiger partial charge in [0, 0.05) is 0 Å². The Morgan fingerprint density at radius 2 is 1.19 bits per heavy atom. The van der Waals surface area contributed by atoms with E-state index in [1.807, 2.05) is 66.7 Å². The molecule has 0 spiro atoms.